The van der Waals surface area contributed by atoms with E-state index < -0.39 is 20.0 Å². The first-order chi connectivity index (χ1) is 15.4. The molecule has 2 aromatic rings. The van der Waals surface area contributed by atoms with Gasteiger partial charge in [-0.1, -0.05) is 0 Å². The highest BCUT2D eigenvalue weighted by Gasteiger charge is 2.26. The quantitative estimate of drug-likeness (QED) is 0.547. The van der Waals surface area contributed by atoms with E-state index in [0.717, 1.165) is 0 Å². The van der Waals surface area contributed by atoms with Crippen molar-refractivity contribution in [3.8, 4) is 17.2 Å². The topological polar surface area (TPSA) is 120 Å². The van der Waals surface area contributed by atoms with Gasteiger partial charge in [0.05, 0.1) is 23.0 Å². The number of morpholine rings is 1. The molecule has 1 saturated heterocycles. The summed E-state index contributed by atoms with van der Waals surface area (Å²) in [6.45, 7) is 2.29. The van der Waals surface area contributed by atoms with E-state index in [2.05, 4.69) is 4.72 Å². The van der Waals surface area contributed by atoms with E-state index in [4.69, 9.17) is 18.9 Å². The first kappa shape index (κ1) is 22.8. The molecule has 0 spiro atoms. The third-order valence-corrected chi connectivity index (χ3v) is 8.29. The van der Waals surface area contributed by atoms with E-state index in [9.17, 15) is 16.8 Å². The molecule has 174 valence electrons. The van der Waals surface area contributed by atoms with Gasteiger partial charge < -0.3 is 18.9 Å². The summed E-state index contributed by atoms with van der Waals surface area (Å²) in [4.78, 5) is 0.241. The number of benzene rings is 2. The maximum atomic E-state index is 12.6. The number of hydrogen-bond acceptors (Lipinski definition) is 8. The molecule has 2 aromatic carbocycles. The zero-order valence-corrected chi connectivity index (χ0v) is 18.9. The van der Waals surface area contributed by atoms with Crippen molar-refractivity contribution in [1.82, 2.24) is 9.03 Å². The second-order valence-corrected chi connectivity index (χ2v) is 10.7. The van der Waals surface area contributed by atoms with Crippen molar-refractivity contribution in [3.63, 3.8) is 0 Å². The van der Waals surface area contributed by atoms with E-state index in [1.54, 1.807) is 18.2 Å². The second-order valence-electron chi connectivity index (χ2n) is 7.04. The number of ether oxygens (including phenoxy) is 4. The molecule has 2 aliphatic rings. The molecule has 0 unspecified atom stereocenters. The Bertz CT molecular complexity index is 1140. The summed E-state index contributed by atoms with van der Waals surface area (Å²) in [5, 5.41) is 0. The number of rotatable bonds is 8. The van der Waals surface area contributed by atoms with Crippen LogP contribution in [0.2, 0.25) is 0 Å². The van der Waals surface area contributed by atoms with Crippen LogP contribution in [0.1, 0.15) is 0 Å². The Morgan fingerprint density at radius 1 is 0.844 bits per heavy atom. The largest absolute Gasteiger partial charge is 0.492 e. The third-order valence-electron chi connectivity index (χ3n) is 4.92. The Balaban J connectivity index is 1.30. The highest BCUT2D eigenvalue weighted by Crippen LogP contribution is 2.32. The van der Waals surface area contributed by atoms with Crippen molar-refractivity contribution < 1.29 is 35.8 Å². The molecule has 0 radical (unpaired) electrons. The molecule has 0 amide bonds. The fourth-order valence-corrected chi connectivity index (χ4v) is 5.70. The van der Waals surface area contributed by atoms with Gasteiger partial charge in [-0.25, -0.2) is 21.6 Å². The van der Waals surface area contributed by atoms with Crippen molar-refractivity contribution in [2.75, 3.05) is 52.7 Å². The van der Waals surface area contributed by atoms with Crippen molar-refractivity contribution in [2.24, 2.45) is 0 Å². The van der Waals surface area contributed by atoms with Gasteiger partial charge in [-0.3, -0.25) is 0 Å². The standard InChI is InChI=1S/C20H24N2O8S2/c23-31(24,18-5-6-19-20(15-18)30-14-13-29-19)21-7-10-28-16-1-3-17(4-2-16)32(25,26)22-8-11-27-12-9-22/h1-6,15,21H,7-14H2. The van der Waals surface area contributed by atoms with Gasteiger partial charge in [-0.2, -0.15) is 4.31 Å². The Morgan fingerprint density at radius 2 is 1.50 bits per heavy atom. The molecule has 0 bridgehead atoms. The number of nitrogens with one attached hydrogen (secondary N) is 1. The Morgan fingerprint density at radius 3 is 2.22 bits per heavy atom. The van der Waals surface area contributed by atoms with Gasteiger partial charge in [0.1, 0.15) is 25.6 Å². The lowest BCUT2D eigenvalue weighted by Gasteiger charge is -2.26. The molecule has 1 fully saturated rings. The lowest BCUT2D eigenvalue weighted by molar-refractivity contribution is 0.0730. The number of nitrogens with zero attached hydrogens (tertiary/aromatic N) is 1. The molecule has 2 heterocycles. The zero-order valence-electron chi connectivity index (χ0n) is 17.2. The van der Waals surface area contributed by atoms with Crippen molar-refractivity contribution in [3.05, 3.63) is 42.5 Å². The number of fused-ring (bicyclic) bond motifs is 1. The average Bonchev–Trinajstić information content (AvgIpc) is 2.82. The monoisotopic (exact) mass is 484 g/mol. The van der Waals surface area contributed by atoms with Gasteiger partial charge >= 0.3 is 0 Å². The van der Waals surface area contributed by atoms with Crippen LogP contribution < -0.4 is 18.9 Å². The molecule has 0 saturated carbocycles. The van der Waals surface area contributed by atoms with Gasteiger partial charge in [0.15, 0.2) is 11.5 Å². The molecular formula is C20H24N2O8S2. The van der Waals surface area contributed by atoms with E-state index in [1.165, 1.54) is 28.6 Å². The first-order valence-electron chi connectivity index (χ1n) is 10.1. The van der Waals surface area contributed by atoms with Crippen molar-refractivity contribution >= 4 is 20.0 Å². The molecule has 0 aliphatic carbocycles. The van der Waals surface area contributed by atoms with Crippen LogP contribution in [-0.4, -0.2) is 73.8 Å². The Labute approximate surface area is 187 Å². The van der Waals surface area contributed by atoms with Gasteiger partial charge in [0.25, 0.3) is 0 Å². The minimum absolute atomic E-state index is 0.0323. The van der Waals surface area contributed by atoms with Crippen LogP contribution in [0.15, 0.2) is 52.3 Å². The molecule has 0 atom stereocenters. The fraction of sp³-hybridized carbons (Fsp3) is 0.400. The fourth-order valence-electron chi connectivity index (χ4n) is 3.26. The lowest BCUT2D eigenvalue weighted by atomic mass is 10.3. The van der Waals surface area contributed by atoms with Crippen LogP contribution in [0.5, 0.6) is 17.2 Å². The van der Waals surface area contributed by atoms with Gasteiger partial charge in [-0.05, 0) is 36.4 Å². The van der Waals surface area contributed by atoms with Crippen LogP contribution in [0.4, 0.5) is 0 Å². The van der Waals surface area contributed by atoms with E-state index >= 15 is 0 Å². The van der Waals surface area contributed by atoms with Crippen LogP contribution in [-0.2, 0) is 24.8 Å². The van der Waals surface area contributed by atoms with Crippen LogP contribution in [0.25, 0.3) is 0 Å². The smallest absolute Gasteiger partial charge is 0.243 e. The third kappa shape index (κ3) is 5.15. The van der Waals surface area contributed by atoms with E-state index in [1.807, 2.05) is 0 Å². The SMILES string of the molecule is O=S(=O)(NCCOc1ccc(S(=O)(=O)N2CCOCC2)cc1)c1ccc2c(c1)OCCO2. The molecule has 1 N–H and O–H groups in total. The van der Waals surface area contributed by atoms with Gasteiger partial charge in [-0.15, -0.1) is 0 Å². The van der Waals surface area contributed by atoms with E-state index in [-0.39, 0.29) is 22.9 Å². The van der Waals surface area contributed by atoms with Crippen molar-refractivity contribution in [1.29, 1.82) is 0 Å². The zero-order chi connectivity index (χ0) is 22.6. The summed E-state index contributed by atoms with van der Waals surface area (Å²) in [5.41, 5.74) is 0. The van der Waals surface area contributed by atoms with Gasteiger partial charge in [0.2, 0.25) is 20.0 Å². The predicted molar refractivity (Wildman–Crippen MR) is 114 cm³/mol. The van der Waals surface area contributed by atoms with Crippen molar-refractivity contribution in [2.45, 2.75) is 9.79 Å². The van der Waals surface area contributed by atoms with Crippen LogP contribution in [0.3, 0.4) is 0 Å². The Hall–Kier alpha value is -2.38. The predicted octanol–water partition coefficient (Wildman–Crippen LogP) is 0.836. The van der Waals surface area contributed by atoms with Crippen LogP contribution >= 0.6 is 0 Å². The van der Waals surface area contributed by atoms with Crippen LogP contribution in [0, 0.1) is 0 Å². The molecule has 10 nitrogen and oxygen atoms in total. The summed E-state index contributed by atoms with van der Waals surface area (Å²) >= 11 is 0. The maximum absolute atomic E-state index is 12.6. The summed E-state index contributed by atoms with van der Waals surface area (Å²) in [6, 6.07) is 10.5. The number of hydrogen-bond donors (Lipinski definition) is 1. The summed E-state index contributed by atoms with van der Waals surface area (Å²) < 4.78 is 75.7. The average molecular weight is 485 g/mol. The molecular weight excluding hydrogens is 460 g/mol. The summed E-state index contributed by atoms with van der Waals surface area (Å²) in [5.74, 6) is 1.34. The summed E-state index contributed by atoms with van der Waals surface area (Å²) in [7, 11) is -7.32. The highest BCUT2D eigenvalue weighted by molar-refractivity contribution is 7.89. The minimum Gasteiger partial charge on any atom is -0.492 e. The normalized spacial score (nSPS) is 17.1. The minimum atomic E-state index is -3.75. The van der Waals surface area contributed by atoms with Gasteiger partial charge in [0, 0.05) is 25.7 Å². The molecule has 32 heavy (non-hydrogen) atoms. The maximum Gasteiger partial charge on any atom is 0.243 e. The molecule has 2 aliphatic heterocycles. The second kappa shape index (κ2) is 9.63. The van der Waals surface area contributed by atoms with E-state index in [0.29, 0.717) is 56.8 Å². The lowest BCUT2D eigenvalue weighted by Crippen LogP contribution is -2.40. The molecule has 12 heteroatoms. The number of sulfonamides is 2. The molecule has 0 aromatic heterocycles. The summed E-state index contributed by atoms with van der Waals surface area (Å²) in [6.07, 6.45) is 0. The highest BCUT2D eigenvalue weighted by atomic mass is 32.2. The Kier molecular flexibility index (Phi) is 6.86. The molecule has 4 rings (SSSR count). The first-order valence-corrected chi connectivity index (χ1v) is 13.0.